The zero-order valence-electron chi connectivity index (χ0n) is 14.3. The van der Waals surface area contributed by atoms with Gasteiger partial charge in [-0.3, -0.25) is 10.1 Å². The van der Waals surface area contributed by atoms with Crippen molar-refractivity contribution in [2.75, 3.05) is 20.6 Å². The van der Waals surface area contributed by atoms with Crippen LogP contribution in [0.15, 0.2) is 0 Å². The molecule has 1 aliphatic heterocycles. The van der Waals surface area contributed by atoms with Crippen LogP contribution in [0.2, 0.25) is 0 Å². The summed E-state index contributed by atoms with van der Waals surface area (Å²) in [6.07, 6.45) is 2.11. The summed E-state index contributed by atoms with van der Waals surface area (Å²) in [6, 6.07) is 0.299. The molecule has 1 amide bonds. The summed E-state index contributed by atoms with van der Waals surface area (Å²) in [5.41, 5.74) is 0. The Morgan fingerprint density at radius 1 is 1.25 bits per heavy atom. The van der Waals surface area contributed by atoms with E-state index in [0.717, 1.165) is 19.4 Å². The molecule has 0 aromatic rings. The van der Waals surface area contributed by atoms with Crippen LogP contribution in [0.3, 0.4) is 0 Å². The SMILES string of the molecule is CCC1NC(C(C)C)N(C(CC(C)C)CN(C)C)C1=O. The molecule has 0 aliphatic carbocycles. The molecule has 1 rings (SSSR count). The van der Waals surface area contributed by atoms with Gasteiger partial charge in [-0.15, -0.1) is 0 Å². The van der Waals surface area contributed by atoms with Gasteiger partial charge in [0.1, 0.15) is 0 Å². The van der Waals surface area contributed by atoms with Gasteiger partial charge in [0.2, 0.25) is 5.91 Å². The summed E-state index contributed by atoms with van der Waals surface area (Å²) < 4.78 is 0. The number of rotatable bonds is 7. The Morgan fingerprint density at radius 2 is 1.85 bits per heavy atom. The molecule has 1 fully saturated rings. The predicted octanol–water partition coefficient (Wildman–Crippen LogP) is 2.16. The van der Waals surface area contributed by atoms with Gasteiger partial charge in [0, 0.05) is 12.6 Å². The Hall–Kier alpha value is -0.610. The van der Waals surface area contributed by atoms with E-state index in [4.69, 9.17) is 0 Å². The van der Waals surface area contributed by atoms with E-state index in [2.05, 4.69) is 63.8 Å². The smallest absolute Gasteiger partial charge is 0.241 e. The van der Waals surface area contributed by atoms with Crippen molar-refractivity contribution in [1.82, 2.24) is 15.1 Å². The highest BCUT2D eigenvalue weighted by atomic mass is 16.2. The molecule has 20 heavy (non-hydrogen) atoms. The van der Waals surface area contributed by atoms with Crippen molar-refractivity contribution in [2.24, 2.45) is 11.8 Å². The van der Waals surface area contributed by atoms with Gasteiger partial charge >= 0.3 is 0 Å². The molecule has 1 N–H and O–H groups in total. The molecular weight excluding hydrogens is 250 g/mol. The maximum Gasteiger partial charge on any atom is 0.241 e. The first-order valence-electron chi connectivity index (χ1n) is 8.00. The fraction of sp³-hybridized carbons (Fsp3) is 0.938. The molecule has 0 bridgehead atoms. The second-order valence-electron chi connectivity index (χ2n) is 7.11. The van der Waals surface area contributed by atoms with Gasteiger partial charge in [-0.25, -0.2) is 0 Å². The van der Waals surface area contributed by atoms with E-state index in [1.807, 2.05) is 0 Å². The van der Waals surface area contributed by atoms with Crippen molar-refractivity contribution < 1.29 is 4.79 Å². The Balaban J connectivity index is 2.96. The first-order chi connectivity index (χ1) is 9.27. The minimum Gasteiger partial charge on any atom is -0.321 e. The lowest BCUT2D eigenvalue weighted by Crippen LogP contribution is -2.51. The van der Waals surface area contributed by atoms with Crippen molar-refractivity contribution in [3.8, 4) is 0 Å². The third kappa shape index (κ3) is 4.19. The highest BCUT2D eigenvalue weighted by Gasteiger charge is 2.42. The second kappa shape index (κ2) is 7.41. The van der Waals surface area contributed by atoms with E-state index >= 15 is 0 Å². The highest BCUT2D eigenvalue weighted by molar-refractivity contribution is 5.84. The summed E-state index contributed by atoms with van der Waals surface area (Å²) in [6.45, 7) is 11.9. The predicted molar refractivity (Wildman–Crippen MR) is 84.5 cm³/mol. The molecule has 1 saturated heterocycles. The molecule has 0 spiro atoms. The Kier molecular flexibility index (Phi) is 6.46. The molecular formula is C16H33N3O. The minimum atomic E-state index is -0.000718. The van der Waals surface area contributed by atoms with E-state index in [-0.39, 0.29) is 12.2 Å². The standard InChI is InChI=1S/C16H33N3O/c1-8-14-16(20)19(15(17-14)12(4)5)13(9-11(2)3)10-18(6)7/h11-15,17H,8-10H2,1-7H3. The zero-order valence-corrected chi connectivity index (χ0v) is 14.3. The van der Waals surface area contributed by atoms with E-state index in [9.17, 15) is 4.79 Å². The van der Waals surface area contributed by atoms with Gasteiger partial charge in [-0.1, -0.05) is 34.6 Å². The molecule has 4 heteroatoms. The van der Waals surface area contributed by atoms with Crippen molar-refractivity contribution in [3.05, 3.63) is 0 Å². The third-order valence-corrected chi connectivity index (χ3v) is 3.98. The van der Waals surface area contributed by atoms with E-state index in [1.54, 1.807) is 0 Å². The van der Waals surface area contributed by atoms with Gasteiger partial charge in [0.05, 0.1) is 12.2 Å². The number of carbonyl (C=O) groups excluding carboxylic acids is 1. The Morgan fingerprint density at radius 3 is 2.25 bits per heavy atom. The topological polar surface area (TPSA) is 35.6 Å². The average molecular weight is 283 g/mol. The van der Waals surface area contributed by atoms with E-state index in [0.29, 0.717) is 23.8 Å². The first-order valence-corrected chi connectivity index (χ1v) is 8.00. The van der Waals surface area contributed by atoms with Crippen LogP contribution >= 0.6 is 0 Å². The quantitative estimate of drug-likeness (QED) is 0.778. The summed E-state index contributed by atoms with van der Waals surface area (Å²) in [4.78, 5) is 17.0. The molecule has 0 aromatic carbocycles. The fourth-order valence-corrected chi connectivity index (χ4v) is 3.13. The average Bonchev–Trinajstić information content (AvgIpc) is 2.64. The first kappa shape index (κ1) is 17.4. The third-order valence-electron chi connectivity index (χ3n) is 3.98. The number of likely N-dealkylation sites (N-methyl/N-ethyl adjacent to an activating group) is 1. The molecule has 118 valence electrons. The molecule has 3 atom stereocenters. The number of carbonyl (C=O) groups is 1. The van der Waals surface area contributed by atoms with Gasteiger partial charge in [-0.05, 0) is 38.8 Å². The lowest BCUT2D eigenvalue weighted by molar-refractivity contribution is -0.133. The van der Waals surface area contributed by atoms with Gasteiger partial charge < -0.3 is 9.80 Å². The lowest BCUT2D eigenvalue weighted by Gasteiger charge is -2.37. The largest absolute Gasteiger partial charge is 0.321 e. The summed E-state index contributed by atoms with van der Waals surface area (Å²) in [5.74, 6) is 1.33. The molecule has 0 aromatic heterocycles. The van der Waals surface area contributed by atoms with Crippen LogP contribution in [-0.2, 0) is 4.79 Å². The van der Waals surface area contributed by atoms with Crippen molar-refractivity contribution >= 4 is 5.91 Å². The summed E-state index contributed by atoms with van der Waals surface area (Å²) in [5, 5.41) is 3.52. The molecule has 0 radical (unpaired) electrons. The summed E-state index contributed by atoms with van der Waals surface area (Å²) >= 11 is 0. The van der Waals surface area contributed by atoms with Crippen LogP contribution < -0.4 is 5.32 Å². The van der Waals surface area contributed by atoms with E-state index in [1.165, 1.54) is 0 Å². The fourth-order valence-electron chi connectivity index (χ4n) is 3.13. The Bertz CT molecular complexity index is 305. The van der Waals surface area contributed by atoms with Crippen LogP contribution in [0.4, 0.5) is 0 Å². The minimum absolute atomic E-state index is 0.000718. The second-order valence-corrected chi connectivity index (χ2v) is 7.11. The van der Waals surface area contributed by atoms with Crippen LogP contribution in [-0.4, -0.2) is 54.6 Å². The van der Waals surface area contributed by atoms with Crippen molar-refractivity contribution in [3.63, 3.8) is 0 Å². The number of hydrogen-bond acceptors (Lipinski definition) is 3. The molecule has 0 saturated carbocycles. The molecule has 3 unspecified atom stereocenters. The van der Waals surface area contributed by atoms with Gasteiger partial charge in [0.15, 0.2) is 0 Å². The van der Waals surface area contributed by atoms with Crippen LogP contribution in [0.5, 0.6) is 0 Å². The maximum absolute atomic E-state index is 12.7. The number of amides is 1. The van der Waals surface area contributed by atoms with E-state index < -0.39 is 0 Å². The van der Waals surface area contributed by atoms with Crippen LogP contribution in [0.25, 0.3) is 0 Å². The molecule has 1 heterocycles. The maximum atomic E-state index is 12.7. The van der Waals surface area contributed by atoms with Crippen LogP contribution in [0, 0.1) is 11.8 Å². The van der Waals surface area contributed by atoms with Crippen LogP contribution in [0.1, 0.15) is 47.5 Å². The summed E-state index contributed by atoms with van der Waals surface area (Å²) in [7, 11) is 4.17. The highest BCUT2D eigenvalue weighted by Crippen LogP contribution is 2.25. The van der Waals surface area contributed by atoms with Crippen molar-refractivity contribution in [2.45, 2.75) is 65.7 Å². The Labute approximate surface area is 124 Å². The van der Waals surface area contributed by atoms with Gasteiger partial charge in [-0.2, -0.15) is 0 Å². The molecule has 1 aliphatic rings. The molecule has 4 nitrogen and oxygen atoms in total. The lowest BCUT2D eigenvalue weighted by atomic mass is 10.00. The number of nitrogens with one attached hydrogen (secondary N) is 1. The number of nitrogens with zero attached hydrogens (tertiary/aromatic N) is 2. The monoisotopic (exact) mass is 283 g/mol. The zero-order chi connectivity index (χ0) is 15.4. The van der Waals surface area contributed by atoms with Crippen molar-refractivity contribution in [1.29, 1.82) is 0 Å². The normalized spacial score (nSPS) is 25.3. The van der Waals surface area contributed by atoms with Gasteiger partial charge in [0.25, 0.3) is 0 Å². The number of hydrogen-bond donors (Lipinski definition) is 1.